The topological polar surface area (TPSA) is 53.0 Å². The number of carbonyl (C=O) groups excluding carboxylic acids is 1. The van der Waals surface area contributed by atoms with E-state index in [1.54, 1.807) is 0 Å². The van der Waals surface area contributed by atoms with Crippen LogP contribution in [0.4, 0.5) is 0 Å². The SMILES string of the molecule is CCC1(O)CCN(C(=O)C2(N3CCOCC3)CCC2)CC1. The zero-order valence-electron chi connectivity index (χ0n) is 13.1. The van der Waals surface area contributed by atoms with E-state index in [0.29, 0.717) is 31.8 Å². The molecular weight excluding hydrogens is 268 g/mol. The summed E-state index contributed by atoms with van der Waals surface area (Å²) in [5.41, 5.74) is -0.812. The molecule has 3 rings (SSSR count). The molecule has 1 N–H and O–H groups in total. The van der Waals surface area contributed by atoms with Gasteiger partial charge in [0.1, 0.15) is 5.54 Å². The third-order valence-electron chi connectivity index (χ3n) is 5.83. The van der Waals surface area contributed by atoms with E-state index in [9.17, 15) is 9.90 Å². The number of rotatable bonds is 3. The predicted octanol–water partition coefficient (Wildman–Crippen LogP) is 1.00. The van der Waals surface area contributed by atoms with Crippen LogP contribution in [0.5, 0.6) is 0 Å². The lowest BCUT2D eigenvalue weighted by molar-refractivity contribution is -0.159. The lowest BCUT2D eigenvalue weighted by Crippen LogP contribution is -2.66. The average Bonchev–Trinajstić information content (AvgIpc) is 2.48. The summed E-state index contributed by atoms with van der Waals surface area (Å²) in [6, 6.07) is 0. The Morgan fingerprint density at radius 2 is 1.71 bits per heavy atom. The van der Waals surface area contributed by atoms with E-state index < -0.39 is 5.60 Å². The van der Waals surface area contributed by atoms with E-state index in [1.165, 1.54) is 0 Å². The zero-order chi connectivity index (χ0) is 14.9. The second-order valence-electron chi connectivity index (χ2n) is 6.85. The van der Waals surface area contributed by atoms with Crippen molar-refractivity contribution in [2.24, 2.45) is 0 Å². The molecule has 0 bridgehead atoms. The zero-order valence-corrected chi connectivity index (χ0v) is 13.1. The van der Waals surface area contributed by atoms with E-state index >= 15 is 0 Å². The number of amides is 1. The molecule has 0 aromatic rings. The summed E-state index contributed by atoms with van der Waals surface area (Å²) in [7, 11) is 0. The first-order valence-electron chi connectivity index (χ1n) is 8.44. The highest BCUT2D eigenvalue weighted by molar-refractivity contribution is 5.87. The van der Waals surface area contributed by atoms with Gasteiger partial charge in [0.15, 0.2) is 0 Å². The first-order chi connectivity index (χ1) is 10.1. The molecular formula is C16H28N2O3. The summed E-state index contributed by atoms with van der Waals surface area (Å²) >= 11 is 0. The van der Waals surface area contributed by atoms with Crippen LogP contribution in [0.2, 0.25) is 0 Å². The Bertz CT molecular complexity index is 381. The van der Waals surface area contributed by atoms with Crippen LogP contribution in [0.3, 0.4) is 0 Å². The van der Waals surface area contributed by atoms with Crippen molar-refractivity contribution in [3.05, 3.63) is 0 Å². The largest absolute Gasteiger partial charge is 0.390 e. The summed E-state index contributed by atoms with van der Waals surface area (Å²) in [5.74, 6) is 0.300. The number of morpholine rings is 1. The van der Waals surface area contributed by atoms with Crippen molar-refractivity contribution >= 4 is 5.91 Å². The number of likely N-dealkylation sites (tertiary alicyclic amines) is 1. The van der Waals surface area contributed by atoms with Gasteiger partial charge in [0.05, 0.1) is 18.8 Å². The second kappa shape index (κ2) is 5.86. The lowest BCUT2D eigenvalue weighted by atomic mass is 9.73. The van der Waals surface area contributed by atoms with Crippen LogP contribution < -0.4 is 0 Å². The minimum absolute atomic E-state index is 0.258. The van der Waals surface area contributed by atoms with Crippen LogP contribution in [-0.4, -0.2) is 71.3 Å². The van der Waals surface area contributed by atoms with Crippen LogP contribution >= 0.6 is 0 Å². The Balaban J connectivity index is 1.66. The maximum Gasteiger partial charge on any atom is 0.243 e. The molecule has 5 nitrogen and oxygen atoms in total. The molecule has 2 saturated heterocycles. The normalized spacial score (nSPS) is 29.0. The minimum atomic E-state index is -0.553. The highest BCUT2D eigenvalue weighted by Gasteiger charge is 2.51. The molecule has 0 aromatic heterocycles. The van der Waals surface area contributed by atoms with Gasteiger partial charge in [0, 0.05) is 26.2 Å². The molecule has 5 heteroatoms. The van der Waals surface area contributed by atoms with Crippen LogP contribution in [0.25, 0.3) is 0 Å². The Morgan fingerprint density at radius 3 is 2.19 bits per heavy atom. The molecule has 2 aliphatic heterocycles. The Morgan fingerprint density at radius 1 is 1.10 bits per heavy atom. The lowest BCUT2D eigenvalue weighted by Gasteiger charge is -2.52. The number of aliphatic hydroxyl groups is 1. The first-order valence-corrected chi connectivity index (χ1v) is 8.44. The molecule has 2 heterocycles. The van der Waals surface area contributed by atoms with Crippen LogP contribution in [0.15, 0.2) is 0 Å². The van der Waals surface area contributed by atoms with Crippen molar-refractivity contribution in [3.8, 4) is 0 Å². The smallest absolute Gasteiger partial charge is 0.243 e. The molecule has 0 spiro atoms. The molecule has 1 aliphatic carbocycles. The van der Waals surface area contributed by atoms with Crippen molar-refractivity contribution in [1.29, 1.82) is 0 Å². The third-order valence-corrected chi connectivity index (χ3v) is 5.83. The fourth-order valence-corrected chi connectivity index (χ4v) is 3.94. The van der Waals surface area contributed by atoms with Crippen molar-refractivity contribution in [2.75, 3.05) is 39.4 Å². The molecule has 0 atom stereocenters. The van der Waals surface area contributed by atoms with Crippen molar-refractivity contribution in [2.45, 2.75) is 56.6 Å². The molecule has 0 aromatic carbocycles. The molecule has 3 aliphatic rings. The van der Waals surface area contributed by atoms with Gasteiger partial charge in [0.2, 0.25) is 5.91 Å². The Labute approximate surface area is 127 Å². The summed E-state index contributed by atoms with van der Waals surface area (Å²) in [4.78, 5) is 17.4. The van der Waals surface area contributed by atoms with Gasteiger partial charge in [-0.05, 0) is 38.5 Å². The monoisotopic (exact) mass is 296 g/mol. The number of carbonyl (C=O) groups is 1. The van der Waals surface area contributed by atoms with Gasteiger partial charge in [-0.25, -0.2) is 0 Å². The highest BCUT2D eigenvalue weighted by atomic mass is 16.5. The van der Waals surface area contributed by atoms with E-state index in [2.05, 4.69) is 4.90 Å². The molecule has 0 unspecified atom stereocenters. The molecule has 21 heavy (non-hydrogen) atoms. The molecule has 1 amide bonds. The second-order valence-corrected chi connectivity index (χ2v) is 6.85. The molecule has 3 fully saturated rings. The van der Waals surface area contributed by atoms with Gasteiger partial charge in [-0.3, -0.25) is 9.69 Å². The van der Waals surface area contributed by atoms with Crippen LogP contribution in [-0.2, 0) is 9.53 Å². The van der Waals surface area contributed by atoms with Crippen molar-refractivity contribution in [1.82, 2.24) is 9.80 Å². The van der Waals surface area contributed by atoms with Crippen molar-refractivity contribution < 1.29 is 14.6 Å². The first kappa shape index (κ1) is 15.3. The molecule has 120 valence electrons. The van der Waals surface area contributed by atoms with Gasteiger partial charge in [-0.1, -0.05) is 6.92 Å². The van der Waals surface area contributed by atoms with Gasteiger partial charge in [-0.2, -0.15) is 0 Å². The van der Waals surface area contributed by atoms with Gasteiger partial charge >= 0.3 is 0 Å². The maximum atomic E-state index is 13.1. The summed E-state index contributed by atoms with van der Waals surface area (Å²) in [6.07, 6.45) is 5.34. The number of piperidine rings is 1. The van der Waals surface area contributed by atoms with Gasteiger partial charge < -0.3 is 14.7 Å². The minimum Gasteiger partial charge on any atom is -0.390 e. The summed E-state index contributed by atoms with van der Waals surface area (Å²) in [5, 5.41) is 10.3. The molecule has 1 saturated carbocycles. The standard InChI is InChI=1S/C16H28N2O3/c1-2-15(20)6-8-17(9-7-15)14(19)16(4-3-5-16)18-10-12-21-13-11-18/h20H,2-13H2,1H3. The van der Waals surface area contributed by atoms with Crippen LogP contribution in [0, 0.1) is 0 Å². The van der Waals surface area contributed by atoms with Crippen molar-refractivity contribution in [3.63, 3.8) is 0 Å². The summed E-state index contributed by atoms with van der Waals surface area (Å²) in [6.45, 7) is 6.66. The summed E-state index contributed by atoms with van der Waals surface area (Å²) < 4.78 is 5.43. The molecule has 0 radical (unpaired) electrons. The van der Waals surface area contributed by atoms with E-state index in [1.807, 2.05) is 11.8 Å². The Kier molecular flexibility index (Phi) is 4.26. The number of nitrogens with zero attached hydrogens (tertiary/aromatic N) is 2. The van der Waals surface area contributed by atoms with E-state index in [0.717, 1.165) is 52.0 Å². The average molecular weight is 296 g/mol. The third kappa shape index (κ3) is 2.71. The van der Waals surface area contributed by atoms with Crippen LogP contribution in [0.1, 0.15) is 45.4 Å². The van der Waals surface area contributed by atoms with Gasteiger partial charge in [0.25, 0.3) is 0 Å². The maximum absolute atomic E-state index is 13.1. The van der Waals surface area contributed by atoms with E-state index in [-0.39, 0.29) is 5.54 Å². The predicted molar refractivity (Wildman–Crippen MR) is 80.0 cm³/mol. The van der Waals surface area contributed by atoms with Gasteiger partial charge in [-0.15, -0.1) is 0 Å². The number of ether oxygens (including phenoxy) is 1. The van der Waals surface area contributed by atoms with E-state index in [4.69, 9.17) is 4.74 Å². The highest BCUT2D eigenvalue weighted by Crippen LogP contribution is 2.40. The number of hydrogen-bond acceptors (Lipinski definition) is 4. The fraction of sp³-hybridized carbons (Fsp3) is 0.938. The fourth-order valence-electron chi connectivity index (χ4n) is 3.94. The number of hydrogen-bond donors (Lipinski definition) is 1. The quantitative estimate of drug-likeness (QED) is 0.844. The Hall–Kier alpha value is -0.650.